The Morgan fingerprint density at radius 3 is 2.39 bits per heavy atom. The summed E-state index contributed by atoms with van der Waals surface area (Å²) < 4.78 is 7.86. The van der Waals surface area contributed by atoms with Crippen LogP contribution in [-0.4, -0.2) is 31.2 Å². The van der Waals surface area contributed by atoms with E-state index in [4.69, 9.17) is 4.74 Å². The highest BCUT2D eigenvalue weighted by atomic mass is 32.2. The molecule has 0 atom stereocenters. The van der Waals surface area contributed by atoms with Crippen LogP contribution in [0.25, 0.3) is 5.69 Å². The van der Waals surface area contributed by atoms with E-state index in [2.05, 4.69) is 43.1 Å². The Bertz CT molecular complexity index is 1360. The number of thioether (sulfide) groups is 1. The van der Waals surface area contributed by atoms with Crippen LogP contribution in [0.15, 0.2) is 84.0 Å². The first kappa shape index (κ1) is 25.1. The molecule has 4 rings (SSSR count). The number of Topliss-reactive ketones (excluding diaryl/α,β-unsaturated/α-hetero) is 1. The molecule has 0 saturated heterocycles. The van der Waals surface area contributed by atoms with Crippen LogP contribution < -0.4 is 4.74 Å². The number of rotatable bonds is 9. The third-order valence-corrected chi connectivity index (χ3v) is 6.44. The summed E-state index contributed by atoms with van der Waals surface area (Å²) in [5, 5.41) is 20.2. The maximum atomic E-state index is 12.7. The SMILES string of the molecule is CC(C)(C)c1ccc(OCc2nnc(SCC(=O)c3cccc([N+](=O)[O-])c3)n2-c2ccccc2)cc1. The highest BCUT2D eigenvalue weighted by molar-refractivity contribution is 7.99. The zero-order valence-electron chi connectivity index (χ0n) is 20.2. The average molecular weight is 503 g/mol. The fraction of sp³-hybridized carbons (Fsp3) is 0.222. The number of ether oxygens (including phenoxy) is 1. The quantitative estimate of drug-likeness (QED) is 0.119. The molecule has 0 spiro atoms. The third kappa shape index (κ3) is 5.98. The maximum Gasteiger partial charge on any atom is 0.270 e. The number of para-hydroxylation sites is 1. The van der Waals surface area contributed by atoms with Crippen LogP contribution in [0.2, 0.25) is 0 Å². The number of carbonyl (C=O) groups is 1. The highest BCUT2D eigenvalue weighted by Crippen LogP contribution is 2.26. The van der Waals surface area contributed by atoms with Gasteiger partial charge in [0, 0.05) is 23.4 Å². The zero-order chi connectivity index (χ0) is 25.7. The summed E-state index contributed by atoms with van der Waals surface area (Å²) in [5.74, 6) is 1.14. The molecule has 9 heteroatoms. The molecule has 3 aromatic carbocycles. The molecule has 0 amide bonds. The van der Waals surface area contributed by atoms with Crippen molar-refractivity contribution in [3.05, 3.63) is 106 Å². The second-order valence-electron chi connectivity index (χ2n) is 9.15. The van der Waals surface area contributed by atoms with Crippen molar-refractivity contribution < 1.29 is 14.5 Å². The number of hydrogen-bond acceptors (Lipinski definition) is 7. The van der Waals surface area contributed by atoms with E-state index in [-0.39, 0.29) is 34.8 Å². The molecule has 0 aliphatic rings. The van der Waals surface area contributed by atoms with Gasteiger partial charge in [-0.25, -0.2) is 0 Å². The molecule has 4 aromatic rings. The number of nitrogens with zero attached hydrogens (tertiary/aromatic N) is 4. The zero-order valence-corrected chi connectivity index (χ0v) is 21.1. The Balaban J connectivity index is 1.52. The van der Waals surface area contributed by atoms with Gasteiger partial charge in [0.25, 0.3) is 5.69 Å². The van der Waals surface area contributed by atoms with E-state index in [0.717, 1.165) is 11.4 Å². The minimum absolute atomic E-state index is 0.0558. The predicted octanol–water partition coefficient (Wildman–Crippen LogP) is 6.03. The van der Waals surface area contributed by atoms with Crippen LogP contribution in [0, 0.1) is 10.1 Å². The second-order valence-corrected chi connectivity index (χ2v) is 10.1. The summed E-state index contributed by atoms with van der Waals surface area (Å²) in [6.45, 7) is 6.67. The molecule has 0 fully saturated rings. The van der Waals surface area contributed by atoms with Crippen molar-refractivity contribution in [1.82, 2.24) is 14.8 Å². The van der Waals surface area contributed by atoms with Crippen LogP contribution >= 0.6 is 11.8 Å². The Hall–Kier alpha value is -3.98. The van der Waals surface area contributed by atoms with Gasteiger partial charge in [-0.2, -0.15) is 0 Å². The van der Waals surface area contributed by atoms with Crippen molar-refractivity contribution in [3.63, 3.8) is 0 Å². The topological polar surface area (TPSA) is 100 Å². The van der Waals surface area contributed by atoms with Gasteiger partial charge in [-0.1, -0.05) is 75.0 Å². The normalized spacial score (nSPS) is 11.3. The van der Waals surface area contributed by atoms with Gasteiger partial charge in [-0.3, -0.25) is 19.5 Å². The fourth-order valence-electron chi connectivity index (χ4n) is 3.53. The predicted molar refractivity (Wildman–Crippen MR) is 139 cm³/mol. The standard InChI is InChI=1S/C27H26N4O4S/c1-27(2,3)20-12-14-23(15-13-20)35-17-25-28-29-26(30(25)21-9-5-4-6-10-21)36-18-24(32)19-8-7-11-22(16-19)31(33)34/h4-16H,17-18H2,1-3H3. The Morgan fingerprint density at radius 1 is 1.00 bits per heavy atom. The Labute approximate surface area is 213 Å². The second kappa shape index (κ2) is 10.7. The largest absolute Gasteiger partial charge is 0.486 e. The molecule has 0 radical (unpaired) electrons. The van der Waals surface area contributed by atoms with E-state index in [1.54, 1.807) is 6.07 Å². The van der Waals surface area contributed by atoms with Crippen molar-refractivity contribution in [2.24, 2.45) is 0 Å². The molecule has 8 nitrogen and oxygen atoms in total. The van der Waals surface area contributed by atoms with Crippen LogP contribution in [-0.2, 0) is 12.0 Å². The van der Waals surface area contributed by atoms with E-state index in [1.807, 2.05) is 47.0 Å². The van der Waals surface area contributed by atoms with Gasteiger partial charge < -0.3 is 4.74 Å². The molecule has 0 unspecified atom stereocenters. The van der Waals surface area contributed by atoms with Gasteiger partial charge in [0.15, 0.2) is 16.8 Å². The highest BCUT2D eigenvalue weighted by Gasteiger charge is 2.18. The van der Waals surface area contributed by atoms with Crippen molar-refractivity contribution in [3.8, 4) is 11.4 Å². The van der Waals surface area contributed by atoms with Crippen molar-refractivity contribution in [1.29, 1.82) is 0 Å². The van der Waals surface area contributed by atoms with Gasteiger partial charge in [0.05, 0.1) is 10.7 Å². The number of hydrogen-bond donors (Lipinski definition) is 0. The molecule has 1 heterocycles. The summed E-state index contributed by atoms with van der Waals surface area (Å²) >= 11 is 1.22. The van der Waals surface area contributed by atoms with Gasteiger partial charge in [0.1, 0.15) is 12.4 Å². The molecular weight excluding hydrogens is 476 g/mol. The van der Waals surface area contributed by atoms with E-state index in [0.29, 0.717) is 11.0 Å². The van der Waals surface area contributed by atoms with E-state index in [1.165, 1.54) is 35.5 Å². The monoisotopic (exact) mass is 502 g/mol. The summed E-state index contributed by atoms with van der Waals surface area (Å²) in [6, 6.07) is 23.3. The van der Waals surface area contributed by atoms with Gasteiger partial charge in [-0.05, 0) is 35.2 Å². The first-order chi connectivity index (χ1) is 17.2. The van der Waals surface area contributed by atoms with Crippen LogP contribution in [0.4, 0.5) is 5.69 Å². The van der Waals surface area contributed by atoms with Crippen LogP contribution in [0.5, 0.6) is 5.75 Å². The third-order valence-electron chi connectivity index (χ3n) is 5.51. The number of non-ortho nitro benzene ring substituents is 1. The Morgan fingerprint density at radius 2 is 1.72 bits per heavy atom. The number of ketones is 1. The van der Waals surface area contributed by atoms with E-state index in [9.17, 15) is 14.9 Å². The number of nitro groups is 1. The fourth-order valence-corrected chi connectivity index (χ4v) is 4.39. The van der Waals surface area contributed by atoms with E-state index >= 15 is 0 Å². The average Bonchev–Trinajstić information content (AvgIpc) is 3.29. The van der Waals surface area contributed by atoms with Crippen molar-refractivity contribution in [2.45, 2.75) is 37.9 Å². The molecule has 184 valence electrons. The van der Waals surface area contributed by atoms with Gasteiger partial charge in [0.2, 0.25) is 0 Å². The lowest BCUT2D eigenvalue weighted by molar-refractivity contribution is -0.384. The van der Waals surface area contributed by atoms with Crippen molar-refractivity contribution >= 4 is 23.2 Å². The van der Waals surface area contributed by atoms with Gasteiger partial charge in [-0.15, -0.1) is 10.2 Å². The molecule has 0 aliphatic carbocycles. The maximum absolute atomic E-state index is 12.7. The minimum Gasteiger partial charge on any atom is -0.486 e. The van der Waals surface area contributed by atoms with Gasteiger partial charge >= 0.3 is 0 Å². The summed E-state index contributed by atoms with van der Waals surface area (Å²) in [7, 11) is 0. The number of benzene rings is 3. The summed E-state index contributed by atoms with van der Waals surface area (Å²) in [4.78, 5) is 23.3. The van der Waals surface area contributed by atoms with Crippen LogP contribution in [0.3, 0.4) is 0 Å². The molecular formula is C27H26N4O4S. The molecule has 36 heavy (non-hydrogen) atoms. The molecule has 1 aromatic heterocycles. The number of carbonyl (C=O) groups excluding carboxylic acids is 1. The van der Waals surface area contributed by atoms with Crippen molar-refractivity contribution in [2.75, 3.05) is 5.75 Å². The summed E-state index contributed by atoms with van der Waals surface area (Å²) in [5.41, 5.74) is 2.28. The first-order valence-corrected chi connectivity index (χ1v) is 12.3. The lowest BCUT2D eigenvalue weighted by Crippen LogP contribution is -2.11. The lowest BCUT2D eigenvalue weighted by Gasteiger charge is -2.19. The number of aromatic nitrogens is 3. The lowest BCUT2D eigenvalue weighted by atomic mass is 9.87. The Kier molecular flexibility index (Phi) is 7.49. The van der Waals surface area contributed by atoms with Crippen LogP contribution in [0.1, 0.15) is 42.5 Å². The minimum atomic E-state index is -0.515. The molecule has 0 aliphatic heterocycles. The first-order valence-electron chi connectivity index (χ1n) is 11.4. The molecule has 0 bridgehead atoms. The number of nitro benzene ring substituents is 1. The molecule has 0 saturated carbocycles. The smallest absolute Gasteiger partial charge is 0.270 e. The molecule has 0 N–H and O–H groups in total. The van der Waals surface area contributed by atoms with E-state index < -0.39 is 4.92 Å². The summed E-state index contributed by atoms with van der Waals surface area (Å²) in [6.07, 6.45) is 0.